The number of thiophene rings is 1. The first-order valence-corrected chi connectivity index (χ1v) is 14.2. The second-order valence-corrected chi connectivity index (χ2v) is 11.4. The molecule has 0 bridgehead atoms. The van der Waals surface area contributed by atoms with Gasteiger partial charge in [0.1, 0.15) is 5.75 Å². The number of phenols is 1. The largest absolute Gasteiger partial charge is 0.506 e. The number of rotatable bonds is 4. The first kappa shape index (κ1) is 24.1. The van der Waals surface area contributed by atoms with Crippen LogP contribution in [0.25, 0.3) is 21.0 Å². The van der Waals surface area contributed by atoms with Gasteiger partial charge in [-0.3, -0.25) is 9.59 Å². The van der Waals surface area contributed by atoms with Crippen molar-refractivity contribution in [3.63, 3.8) is 0 Å². The summed E-state index contributed by atoms with van der Waals surface area (Å²) in [5, 5.41) is 21.1. The smallest absolute Gasteiger partial charge is 0.258 e. The first-order valence-electron chi connectivity index (χ1n) is 12.8. The average molecular weight is 557 g/mol. The fourth-order valence-electron chi connectivity index (χ4n) is 5.95. The van der Waals surface area contributed by atoms with Gasteiger partial charge in [0, 0.05) is 70.5 Å². The third kappa shape index (κ3) is 3.78. The molecule has 0 fully saturated rings. The molecule has 4 aromatic rings. The number of nitrogens with one attached hydrogen (secondary N) is 3. The highest BCUT2D eigenvalue weighted by molar-refractivity contribution is 7.17. The van der Waals surface area contributed by atoms with Gasteiger partial charge >= 0.3 is 0 Å². The van der Waals surface area contributed by atoms with Gasteiger partial charge in [-0.15, -0.1) is 22.9 Å². The van der Waals surface area contributed by atoms with Crippen molar-refractivity contribution in [2.24, 2.45) is 5.92 Å². The molecule has 2 amide bonds. The monoisotopic (exact) mass is 556 g/mol. The zero-order valence-electron chi connectivity index (χ0n) is 21.0. The van der Waals surface area contributed by atoms with Crippen LogP contribution < -0.4 is 15.5 Å². The summed E-state index contributed by atoms with van der Waals surface area (Å²) in [5.74, 6) is 0.135. The number of hydrogen-bond acceptors (Lipinski definition) is 5. The Bertz CT molecular complexity index is 1780. The van der Waals surface area contributed by atoms with Gasteiger partial charge in [0.2, 0.25) is 0 Å². The van der Waals surface area contributed by atoms with Crippen LogP contribution in [0, 0.1) is 12.8 Å². The van der Waals surface area contributed by atoms with Crippen molar-refractivity contribution in [1.82, 2.24) is 15.6 Å². The molecule has 2 aliphatic heterocycles. The second kappa shape index (κ2) is 9.03. The summed E-state index contributed by atoms with van der Waals surface area (Å²) in [6, 6.07) is 9.07. The van der Waals surface area contributed by atoms with E-state index in [0.717, 1.165) is 43.5 Å². The molecule has 196 valence electrons. The van der Waals surface area contributed by atoms with Gasteiger partial charge in [0.15, 0.2) is 0 Å². The number of fused-ring (bicyclic) bond motifs is 5. The Kier molecular flexibility index (Phi) is 5.57. The predicted octanol–water partition coefficient (Wildman–Crippen LogP) is 5.42. The molecule has 7 nitrogen and oxygen atoms in total. The summed E-state index contributed by atoms with van der Waals surface area (Å²) in [6.45, 7) is 2.48. The average Bonchev–Trinajstić information content (AvgIpc) is 3.73. The number of aromatic nitrogens is 1. The molecule has 0 spiro atoms. The van der Waals surface area contributed by atoms with Crippen LogP contribution in [0.4, 0.5) is 5.69 Å². The number of aromatic hydroxyl groups is 1. The van der Waals surface area contributed by atoms with Crippen molar-refractivity contribution in [3.05, 3.63) is 94.3 Å². The zero-order chi connectivity index (χ0) is 26.8. The number of benzene rings is 2. The van der Waals surface area contributed by atoms with E-state index in [2.05, 4.69) is 15.6 Å². The number of carbonyl (C=O) groups excluding carboxylic acids is 2. The van der Waals surface area contributed by atoms with E-state index >= 15 is 0 Å². The van der Waals surface area contributed by atoms with Gasteiger partial charge in [0.25, 0.3) is 11.8 Å². The van der Waals surface area contributed by atoms with Crippen LogP contribution in [-0.4, -0.2) is 40.4 Å². The SMILES string of the molecule is Cc1csc2c(O)cc3c(c12)[C@H](CCl)CN3C(=O)C1=CC2NC=C(NC(=O)c3ccc4cc[nH]c4c3)C2C=C1. The van der Waals surface area contributed by atoms with Crippen LogP contribution in [0.3, 0.4) is 0 Å². The van der Waals surface area contributed by atoms with Crippen LogP contribution in [0.1, 0.15) is 27.4 Å². The number of hydrogen-bond donors (Lipinski definition) is 4. The van der Waals surface area contributed by atoms with Crippen LogP contribution in [0.2, 0.25) is 0 Å². The van der Waals surface area contributed by atoms with Crippen LogP contribution in [0.5, 0.6) is 5.75 Å². The molecular weight excluding hydrogens is 532 g/mol. The maximum atomic E-state index is 13.8. The van der Waals surface area contributed by atoms with E-state index < -0.39 is 0 Å². The minimum absolute atomic E-state index is 0.0128. The van der Waals surface area contributed by atoms with Crippen molar-refractivity contribution in [3.8, 4) is 5.75 Å². The lowest BCUT2D eigenvalue weighted by atomic mass is 9.91. The van der Waals surface area contributed by atoms with E-state index in [1.165, 1.54) is 11.3 Å². The van der Waals surface area contributed by atoms with Crippen molar-refractivity contribution < 1.29 is 14.7 Å². The molecular formula is C30H25ClN4O3S. The molecule has 0 saturated carbocycles. The Morgan fingerprint density at radius 3 is 2.97 bits per heavy atom. The van der Waals surface area contributed by atoms with Crippen molar-refractivity contribution >= 4 is 61.4 Å². The van der Waals surface area contributed by atoms with Gasteiger partial charge in [-0.25, -0.2) is 0 Å². The number of halogens is 1. The highest BCUT2D eigenvalue weighted by Crippen LogP contribution is 2.48. The highest BCUT2D eigenvalue weighted by atomic mass is 35.5. The summed E-state index contributed by atoms with van der Waals surface area (Å²) >= 11 is 7.88. The summed E-state index contributed by atoms with van der Waals surface area (Å²) < 4.78 is 0.832. The number of carbonyl (C=O) groups is 2. The Hall–Kier alpha value is -4.01. The van der Waals surface area contributed by atoms with Gasteiger partial charge in [-0.05, 0) is 53.1 Å². The standard InChI is InChI=1S/C30H25ClN4O3S/c1-15-14-39-28-25(36)10-24-27(26(15)28)19(11-31)13-35(24)30(38)18-4-5-20-22(9-18)33-12-23(20)34-29(37)17-3-2-16-6-7-32-21(16)8-17/h2-10,12,14,19-20,22,32-33,36H,11,13H2,1H3,(H,34,37)/t19-,20?,22?/m1/s1. The van der Waals surface area contributed by atoms with Gasteiger partial charge in [-0.2, -0.15) is 0 Å². The normalized spacial score (nSPS) is 21.5. The quantitative estimate of drug-likeness (QED) is 0.252. The van der Waals surface area contributed by atoms with E-state index in [1.54, 1.807) is 17.2 Å². The molecule has 3 atom stereocenters. The number of phenolic OH excluding ortho intramolecular Hbond substituents is 1. The highest BCUT2D eigenvalue weighted by Gasteiger charge is 2.38. The summed E-state index contributed by atoms with van der Waals surface area (Å²) in [4.78, 5) is 31.6. The first-order chi connectivity index (χ1) is 18.9. The van der Waals surface area contributed by atoms with Crippen molar-refractivity contribution in [2.45, 2.75) is 18.9 Å². The van der Waals surface area contributed by atoms with E-state index in [0.29, 0.717) is 23.6 Å². The topological polar surface area (TPSA) is 97.5 Å². The minimum atomic E-state index is -0.185. The van der Waals surface area contributed by atoms with E-state index in [-0.39, 0.29) is 35.4 Å². The molecule has 2 unspecified atom stereocenters. The summed E-state index contributed by atoms with van der Waals surface area (Å²) in [6.07, 6.45) is 9.34. The minimum Gasteiger partial charge on any atom is -0.506 e. The third-order valence-electron chi connectivity index (χ3n) is 7.90. The summed E-state index contributed by atoms with van der Waals surface area (Å²) in [5.41, 5.74) is 5.62. The van der Waals surface area contributed by atoms with Crippen molar-refractivity contribution in [1.29, 1.82) is 0 Å². The van der Waals surface area contributed by atoms with Crippen LogP contribution in [-0.2, 0) is 4.79 Å². The van der Waals surface area contributed by atoms with Gasteiger partial charge < -0.3 is 25.6 Å². The number of amides is 2. The van der Waals surface area contributed by atoms with E-state index in [1.807, 2.05) is 61.0 Å². The van der Waals surface area contributed by atoms with Gasteiger partial charge in [0.05, 0.1) is 16.4 Å². The number of H-pyrrole nitrogens is 1. The lowest BCUT2D eigenvalue weighted by Crippen LogP contribution is -2.35. The Labute approximate surface area is 233 Å². The lowest BCUT2D eigenvalue weighted by molar-refractivity contribution is -0.114. The maximum absolute atomic E-state index is 13.8. The Morgan fingerprint density at radius 1 is 1.26 bits per heavy atom. The van der Waals surface area contributed by atoms with E-state index in [4.69, 9.17) is 11.6 Å². The molecule has 2 aromatic carbocycles. The number of nitrogens with zero attached hydrogens (tertiary/aromatic N) is 1. The molecule has 0 saturated heterocycles. The molecule has 3 aliphatic rings. The Morgan fingerprint density at radius 2 is 2.13 bits per heavy atom. The van der Waals surface area contributed by atoms with E-state index in [9.17, 15) is 14.7 Å². The van der Waals surface area contributed by atoms with Crippen LogP contribution >= 0.6 is 22.9 Å². The number of aryl methyl sites for hydroxylation is 1. The van der Waals surface area contributed by atoms with Gasteiger partial charge in [-0.1, -0.05) is 18.2 Å². The van der Waals surface area contributed by atoms with Crippen molar-refractivity contribution in [2.75, 3.05) is 17.3 Å². The number of alkyl halides is 1. The fraction of sp³-hybridized carbons (Fsp3) is 0.200. The predicted molar refractivity (Wildman–Crippen MR) is 156 cm³/mol. The molecule has 7 rings (SSSR count). The fourth-order valence-corrected chi connectivity index (χ4v) is 7.19. The molecule has 4 N–H and O–H groups in total. The van der Waals surface area contributed by atoms with Crippen LogP contribution in [0.15, 0.2) is 77.6 Å². The molecule has 39 heavy (non-hydrogen) atoms. The molecule has 4 heterocycles. The molecule has 0 radical (unpaired) electrons. The lowest BCUT2D eigenvalue weighted by Gasteiger charge is -2.24. The second-order valence-electron chi connectivity index (χ2n) is 10.3. The molecule has 2 aromatic heterocycles. The zero-order valence-corrected chi connectivity index (χ0v) is 22.6. The molecule has 1 aliphatic carbocycles. The molecule has 9 heteroatoms. The number of aromatic amines is 1. The maximum Gasteiger partial charge on any atom is 0.258 e. The third-order valence-corrected chi connectivity index (χ3v) is 9.39. The Balaban J connectivity index is 1.11. The number of anilines is 1. The summed E-state index contributed by atoms with van der Waals surface area (Å²) in [7, 11) is 0.